The average Bonchev–Trinajstić information content (AvgIpc) is 3.20. The summed E-state index contributed by atoms with van der Waals surface area (Å²) in [4.78, 5) is 34.9. The molecule has 0 fully saturated rings. The third-order valence-electron chi connectivity index (χ3n) is 8.19. The van der Waals surface area contributed by atoms with Crippen molar-refractivity contribution in [1.82, 2.24) is 0 Å². The third kappa shape index (κ3) is 40.9. The molecule has 0 spiro atoms. The first-order chi connectivity index (χ1) is 27.7. The van der Waals surface area contributed by atoms with Crippen LogP contribution in [-0.4, -0.2) is 65.7 Å². The second-order valence-corrected chi connectivity index (χ2v) is 15.1. The molecule has 324 valence electrons. The van der Waals surface area contributed by atoms with Gasteiger partial charge in [-0.2, -0.15) is 0 Å². The summed E-state index contributed by atoms with van der Waals surface area (Å²) in [5.41, 5.74) is 0. The number of allylic oxidation sites excluding steroid dienone is 16. The third-order valence-corrected chi connectivity index (χ3v) is 9.14. The molecular formula is C46H75O10P. The van der Waals surface area contributed by atoms with Gasteiger partial charge in [-0.15, -0.1) is 0 Å². The van der Waals surface area contributed by atoms with E-state index in [9.17, 15) is 24.2 Å². The Hall–Kier alpha value is -3.11. The zero-order valence-corrected chi connectivity index (χ0v) is 35.9. The van der Waals surface area contributed by atoms with Crippen LogP contribution in [0.2, 0.25) is 0 Å². The Balaban J connectivity index is 4.49. The monoisotopic (exact) mass is 819 g/mol. The summed E-state index contributed by atoms with van der Waals surface area (Å²) in [7, 11) is -4.65. The van der Waals surface area contributed by atoms with Crippen LogP contribution in [0.3, 0.4) is 0 Å². The van der Waals surface area contributed by atoms with Crippen molar-refractivity contribution in [3.63, 3.8) is 0 Å². The number of carbonyl (C=O) groups is 2. The summed E-state index contributed by atoms with van der Waals surface area (Å²) in [6, 6.07) is 0. The molecule has 0 aliphatic carbocycles. The van der Waals surface area contributed by atoms with E-state index < -0.39 is 51.8 Å². The van der Waals surface area contributed by atoms with Crippen molar-refractivity contribution >= 4 is 19.8 Å². The van der Waals surface area contributed by atoms with Gasteiger partial charge in [0, 0.05) is 12.8 Å². The van der Waals surface area contributed by atoms with E-state index in [1.165, 1.54) is 25.7 Å². The van der Waals surface area contributed by atoms with Crippen molar-refractivity contribution in [3.05, 3.63) is 97.2 Å². The van der Waals surface area contributed by atoms with Gasteiger partial charge in [0.15, 0.2) is 6.10 Å². The lowest BCUT2D eigenvalue weighted by molar-refractivity contribution is -0.161. The van der Waals surface area contributed by atoms with E-state index in [1.807, 2.05) is 6.08 Å². The van der Waals surface area contributed by atoms with Gasteiger partial charge in [0.25, 0.3) is 0 Å². The van der Waals surface area contributed by atoms with Gasteiger partial charge in [-0.05, 0) is 89.9 Å². The molecule has 0 aromatic carbocycles. The maximum Gasteiger partial charge on any atom is 0.472 e. The number of aliphatic hydroxyl groups is 2. The molecule has 0 aliphatic heterocycles. The number of hydrogen-bond donors (Lipinski definition) is 3. The molecule has 0 aromatic heterocycles. The van der Waals surface area contributed by atoms with Crippen LogP contribution in [0.25, 0.3) is 0 Å². The molecule has 0 aliphatic rings. The molecule has 0 aromatic rings. The van der Waals surface area contributed by atoms with Crippen molar-refractivity contribution < 1.29 is 47.8 Å². The highest BCUT2D eigenvalue weighted by molar-refractivity contribution is 7.47. The molecule has 3 N–H and O–H groups in total. The Labute approximate surface area is 344 Å². The zero-order chi connectivity index (χ0) is 41.9. The second-order valence-electron chi connectivity index (χ2n) is 13.7. The Morgan fingerprint density at radius 3 is 1.46 bits per heavy atom. The summed E-state index contributed by atoms with van der Waals surface area (Å²) in [6.45, 7) is 2.15. The lowest BCUT2D eigenvalue weighted by Crippen LogP contribution is -2.29. The van der Waals surface area contributed by atoms with Crippen LogP contribution in [0.4, 0.5) is 0 Å². The van der Waals surface area contributed by atoms with Gasteiger partial charge < -0.3 is 24.6 Å². The highest BCUT2D eigenvalue weighted by Crippen LogP contribution is 2.43. The predicted octanol–water partition coefficient (Wildman–Crippen LogP) is 11.2. The summed E-state index contributed by atoms with van der Waals surface area (Å²) in [5, 5.41) is 18.3. The first-order valence-electron chi connectivity index (χ1n) is 21.2. The minimum absolute atomic E-state index is 0.129. The van der Waals surface area contributed by atoms with Gasteiger partial charge in [0.2, 0.25) is 0 Å². The molecule has 11 heteroatoms. The van der Waals surface area contributed by atoms with Gasteiger partial charge in [-0.25, -0.2) is 4.57 Å². The topological polar surface area (TPSA) is 149 Å². The molecule has 0 saturated heterocycles. The van der Waals surface area contributed by atoms with E-state index in [4.69, 9.17) is 19.1 Å². The fourth-order valence-electron chi connectivity index (χ4n) is 4.92. The van der Waals surface area contributed by atoms with E-state index in [0.29, 0.717) is 19.3 Å². The molecular weight excluding hydrogens is 743 g/mol. The first kappa shape index (κ1) is 53.9. The Kier molecular flexibility index (Phi) is 38.8. The lowest BCUT2D eigenvalue weighted by atomic mass is 10.1. The van der Waals surface area contributed by atoms with Crippen LogP contribution >= 0.6 is 7.82 Å². The summed E-state index contributed by atoms with van der Waals surface area (Å²) in [5.74, 6) is -1.04. The Morgan fingerprint density at radius 2 is 0.965 bits per heavy atom. The average molecular weight is 819 g/mol. The predicted molar refractivity (Wildman–Crippen MR) is 232 cm³/mol. The molecule has 0 bridgehead atoms. The van der Waals surface area contributed by atoms with Gasteiger partial charge in [0.05, 0.1) is 19.8 Å². The second kappa shape index (κ2) is 41.1. The van der Waals surface area contributed by atoms with Gasteiger partial charge in [-0.1, -0.05) is 137 Å². The van der Waals surface area contributed by atoms with Crippen LogP contribution in [0.15, 0.2) is 97.2 Å². The summed E-state index contributed by atoms with van der Waals surface area (Å²) < 4.78 is 32.6. The maximum absolute atomic E-state index is 12.6. The standard InChI is InChI=1S/C46H75O10P/c1-3-5-7-9-11-13-15-17-19-21-23-25-27-29-31-33-35-37-45(49)53-41-44(42-55-57(51,52)54-40-43(48)39-47)56-46(50)38-36-34-32-30-28-26-24-22-20-18-16-14-12-10-8-6-4-2/h8,10-11,13-14,16-17,19-20,22-23,25-26,28-29,31,43-44,47-48H,3-7,9,12,15,18,21,24,27,30,32-42H2,1-2H3,(H,51,52)/b10-8+,13-11+,16-14+,19-17+,22-20+,25-23+,28-26+,31-29+/t43-,44+/m0/s1. The van der Waals surface area contributed by atoms with E-state index in [-0.39, 0.29) is 19.4 Å². The van der Waals surface area contributed by atoms with Crippen LogP contribution in [0.1, 0.15) is 142 Å². The van der Waals surface area contributed by atoms with Crippen molar-refractivity contribution in [2.75, 3.05) is 26.4 Å². The molecule has 1 unspecified atom stereocenters. The highest BCUT2D eigenvalue weighted by atomic mass is 31.2. The van der Waals surface area contributed by atoms with E-state index in [2.05, 4.69) is 110 Å². The molecule has 0 saturated carbocycles. The minimum Gasteiger partial charge on any atom is -0.462 e. The zero-order valence-electron chi connectivity index (χ0n) is 35.0. The largest absolute Gasteiger partial charge is 0.472 e. The quantitative estimate of drug-likeness (QED) is 0.0238. The van der Waals surface area contributed by atoms with E-state index >= 15 is 0 Å². The molecule has 3 atom stereocenters. The summed E-state index contributed by atoms with van der Waals surface area (Å²) >= 11 is 0. The smallest absolute Gasteiger partial charge is 0.462 e. The maximum atomic E-state index is 12.6. The van der Waals surface area contributed by atoms with E-state index in [1.54, 1.807) is 0 Å². The fourth-order valence-corrected chi connectivity index (χ4v) is 5.71. The SMILES string of the molecule is CCC/C=C/C/C=C/C/C=C/C/C=C/CCCCCC(=O)O[C@H](COC(=O)CCC/C=C/C/C=C/C/C=C/C/C=C/CCCCC)COP(=O)(O)OC[C@@H](O)CO. The van der Waals surface area contributed by atoms with Crippen molar-refractivity contribution in [2.45, 2.75) is 154 Å². The molecule has 57 heavy (non-hydrogen) atoms. The van der Waals surface area contributed by atoms with E-state index in [0.717, 1.165) is 70.6 Å². The number of aliphatic hydroxyl groups excluding tert-OH is 2. The summed E-state index contributed by atoms with van der Waals surface area (Å²) in [6.07, 6.45) is 49.5. The Morgan fingerprint density at radius 1 is 0.526 bits per heavy atom. The van der Waals surface area contributed by atoms with Crippen LogP contribution in [0, 0.1) is 0 Å². The van der Waals surface area contributed by atoms with Gasteiger partial charge in [-0.3, -0.25) is 18.6 Å². The first-order valence-corrected chi connectivity index (χ1v) is 22.7. The number of rotatable bonds is 38. The number of phosphoric acid groups is 1. The van der Waals surface area contributed by atoms with Crippen molar-refractivity contribution in [3.8, 4) is 0 Å². The fraction of sp³-hybridized carbons (Fsp3) is 0.609. The highest BCUT2D eigenvalue weighted by Gasteiger charge is 2.27. The van der Waals surface area contributed by atoms with Gasteiger partial charge >= 0.3 is 19.8 Å². The van der Waals surface area contributed by atoms with Crippen LogP contribution in [0.5, 0.6) is 0 Å². The molecule has 0 rings (SSSR count). The number of esters is 2. The lowest BCUT2D eigenvalue weighted by Gasteiger charge is -2.20. The van der Waals surface area contributed by atoms with Crippen LogP contribution in [-0.2, 0) is 32.7 Å². The van der Waals surface area contributed by atoms with Crippen molar-refractivity contribution in [2.24, 2.45) is 0 Å². The van der Waals surface area contributed by atoms with Gasteiger partial charge in [0.1, 0.15) is 12.7 Å². The number of ether oxygens (including phenoxy) is 2. The molecule has 0 radical (unpaired) electrons. The minimum atomic E-state index is -4.65. The number of phosphoric ester groups is 1. The van der Waals surface area contributed by atoms with Crippen LogP contribution < -0.4 is 0 Å². The molecule has 0 amide bonds. The normalized spacial score (nSPS) is 14.8. The Bertz CT molecular complexity index is 1260. The molecule has 0 heterocycles. The molecule has 10 nitrogen and oxygen atoms in total. The number of hydrogen-bond acceptors (Lipinski definition) is 9. The number of carbonyl (C=O) groups excluding carboxylic acids is 2. The van der Waals surface area contributed by atoms with Crippen molar-refractivity contribution in [1.29, 1.82) is 0 Å². The number of unbranched alkanes of at least 4 members (excludes halogenated alkanes) is 8.